The molecule has 0 atom stereocenters. The highest BCUT2D eigenvalue weighted by Crippen LogP contribution is 2.16. The van der Waals surface area contributed by atoms with E-state index in [1.54, 1.807) is 0 Å². The van der Waals surface area contributed by atoms with E-state index in [-0.39, 0.29) is 5.91 Å². The van der Waals surface area contributed by atoms with Crippen LogP contribution in [0.1, 0.15) is 11.1 Å². The molecular formula is C23H25N5O. The van der Waals surface area contributed by atoms with E-state index in [9.17, 15) is 4.79 Å². The van der Waals surface area contributed by atoms with Gasteiger partial charge in [-0.2, -0.15) is 0 Å². The number of nitrogens with one attached hydrogen (secondary N) is 1. The molecule has 1 aliphatic rings. The van der Waals surface area contributed by atoms with Crippen molar-refractivity contribution in [2.24, 2.45) is 0 Å². The zero-order valence-electron chi connectivity index (χ0n) is 16.4. The van der Waals surface area contributed by atoms with Crippen molar-refractivity contribution in [2.75, 3.05) is 36.4 Å². The minimum absolute atomic E-state index is 0.0900. The lowest BCUT2D eigenvalue weighted by Gasteiger charge is -2.35. The van der Waals surface area contributed by atoms with Crippen LogP contribution in [0, 0.1) is 0 Å². The van der Waals surface area contributed by atoms with Gasteiger partial charge in [0.05, 0.1) is 6.42 Å². The van der Waals surface area contributed by atoms with E-state index < -0.39 is 0 Å². The maximum atomic E-state index is 12.2. The van der Waals surface area contributed by atoms with Gasteiger partial charge >= 0.3 is 0 Å². The third kappa shape index (κ3) is 5.39. The summed E-state index contributed by atoms with van der Waals surface area (Å²) in [7, 11) is 0. The van der Waals surface area contributed by atoms with E-state index in [2.05, 4.69) is 49.6 Å². The number of hydrogen-bond acceptors (Lipinski definition) is 5. The summed E-state index contributed by atoms with van der Waals surface area (Å²) in [6, 6.07) is 24.0. The van der Waals surface area contributed by atoms with Crippen molar-refractivity contribution in [2.45, 2.75) is 13.0 Å². The van der Waals surface area contributed by atoms with Crippen molar-refractivity contribution in [3.63, 3.8) is 0 Å². The number of amides is 1. The molecule has 148 valence electrons. The Hall–Kier alpha value is -3.25. The molecule has 6 heteroatoms. The number of benzene rings is 2. The fourth-order valence-electron chi connectivity index (χ4n) is 3.51. The van der Waals surface area contributed by atoms with Crippen LogP contribution in [0.2, 0.25) is 0 Å². The first-order valence-corrected chi connectivity index (χ1v) is 9.95. The van der Waals surface area contributed by atoms with E-state index in [4.69, 9.17) is 0 Å². The van der Waals surface area contributed by atoms with Crippen LogP contribution in [-0.4, -0.2) is 47.2 Å². The molecule has 0 aliphatic carbocycles. The molecule has 1 aromatic heterocycles. The number of carbonyl (C=O) groups is 1. The van der Waals surface area contributed by atoms with Crippen molar-refractivity contribution in [3.8, 4) is 0 Å². The van der Waals surface area contributed by atoms with Crippen LogP contribution in [-0.2, 0) is 17.8 Å². The SMILES string of the molecule is O=C(Cc1ccccc1)Nc1ccc(N2CCN(Cc3ccccc3)CC2)nn1. The van der Waals surface area contributed by atoms with Crippen molar-refractivity contribution in [1.29, 1.82) is 0 Å². The summed E-state index contributed by atoms with van der Waals surface area (Å²) in [4.78, 5) is 16.9. The van der Waals surface area contributed by atoms with E-state index in [1.807, 2.05) is 48.5 Å². The molecular weight excluding hydrogens is 362 g/mol. The standard InChI is InChI=1S/C23H25N5O/c29-23(17-19-7-3-1-4-8-19)24-21-11-12-22(26-25-21)28-15-13-27(14-16-28)18-20-9-5-2-6-10-20/h1-12H,13-18H2,(H,24,25,29). The summed E-state index contributed by atoms with van der Waals surface area (Å²) in [6.45, 7) is 4.80. The zero-order chi connectivity index (χ0) is 19.9. The summed E-state index contributed by atoms with van der Waals surface area (Å²) in [5.41, 5.74) is 2.32. The Balaban J connectivity index is 1.27. The lowest BCUT2D eigenvalue weighted by molar-refractivity contribution is -0.115. The Morgan fingerprint density at radius 3 is 2.07 bits per heavy atom. The second-order valence-corrected chi connectivity index (χ2v) is 7.24. The van der Waals surface area contributed by atoms with Gasteiger partial charge in [0.25, 0.3) is 0 Å². The topological polar surface area (TPSA) is 61.4 Å². The fourth-order valence-corrected chi connectivity index (χ4v) is 3.51. The van der Waals surface area contributed by atoms with Crippen molar-refractivity contribution < 1.29 is 4.79 Å². The quantitative estimate of drug-likeness (QED) is 0.705. The van der Waals surface area contributed by atoms with Gasteiger partial charge in [0.15, 0.2) is 11.6 Å². The normalized spacial score (nSPS) is 14.6. The van der Waals surface area contributed by atoms with Gasteiger partial charge in [0.2, 0.25) is 5.91 Å². The smallest absolute Gasteiger partial charge is 0.229 e. The second kappa shape index (κ2) is 9.30. The molecule has 0 spiro atoms. The Labute approximate surface area is 171 Å². The number of aromatic nitrogens is 2. The maximum absolute atomic E-state index is 12.2. The van der Waals surface area contributed by atoms with Gasteiger partial charge in [-0.15, -0.1) is 10.2 Å². The molecule has 2 heterocycles. The summed E-state index contributed by atoms with van der Waals surface area (Å²) in [6.07, 6.45) is 0.327. The van der Waals surface area contributed by atoms with E-state index in [0.29, 0.717) is 12.2 Å². The first kappa shape index (κ1) is 19.1. The minimum Gasteiger partial charge on any atom is -0.353 e. The van der Waals surface area contributed by atoms with Crippen LogP contribution >= 0.6 is 0 Å². The maximum Gasteiger partial charge on any atom is 0.229 e. The average Bonchev–Trinajstić information content (AvgIpc) is 2.76. The van der Waals surface area contributed by atoms with Gasteiger partial charge in [0, 0.05) is 32.7 Å². The lowest BCUT2D eigenvalue weighted by Crippen LogP contribution is -2.46. The van der Waals surface area contributed by atoms with Crippen LogP contribution in [0.25, 0.3) is 0 Å². The third-order valence-electron chi connectivity index (χ3n) is 5.07. The lowest BCUT2D eigenvalue weighted by atomic mass is 10.1. The molecule has 2 aromatic carbocycles. The highest BCUT2D eigenvalue weighted by Gasteiger charge is 2.18. The molecule has 3 aromatic rings. The molecule has 1 aliphatic heterocycles. The first-order chi connectivity index (χ1) is 14.3. The van der Waals surface area contributed by atoms with Gasteiger partial charge in [-0.3, -0.25) is 9.69 Å². The number of piperazine rings is 1. The van der Waals surface area contributed by atoms with E-state index in [0.717, 1.165) is 44.1 Å². The summed E-state index contributed by atoms with van der Waals surface area (Å²) in [5.74, 6) is 1.25. The highest BCUT2D eigenvalue weighted by atomic mass is 16.1. The monoisotopic (exact) mass is 387 g/mol. The highest BCUT2D eigenvalue weighted by molar-refractivity contribution is 5.91. The summed E-state index contributed by atoms with van der Waals surface area (Å²) >= 11 is 0. The van der Waals surface area contributed by atoms with Crippen molar-refractivity contribution in [3.05, 3.63) is 83.9 Å². The molecule has 1 saturated heterocycles. The van der Waals surface area contributed by atoms with Gasteiger partial charge < -0.3 is 10.2 Å². The molecule has 4 rings (SSSR count). The van der Waals surface area contributed by atoms with Gasteiger partial charge in [-0.05, 0) is 23.3 Å². The first-order valence-electron chi connectivity index (χ1n) is 9.95. The zero-order valence-corrected chi connectivity index (χ0v) is 16.4. The molecule has 0 unspecified atom stereocenters. The third-order valence-corrected chi connectivity index (χ3v) is 5.07. The van der Waals surface area contributed by atoms with Crippen molar-refractivity contribution >= 4 is 17.5 Å². The van der Waals surface area contributed by atoms with Crippen LogP contribution < -0.4 is 10.2 Å². The van der Waals surface area contributed by atoms with Gasteiger partial charge in [-0.1, -0.05) is 60.7 Å². The second-order valence-electron chi connectivity index (χ2n) is 7.24. The molecule has 0 radical (unpaired) electrons. The van der Waals surface area contributed by atoms with Crippen molar-refractivity contribution in [1.82, 2.24) is 15.1 Å². The number of rotatable bonds is 6. The van der Waals surface area contributed by atoms with Crippen LogP contribution in [0.4, 0.5) is 11.6 Å². The summed E-state index contributed by atoms with van der Waals surface area (Å²) in [5, 5.41) is 11.3. The molecule has 0 saturated carbocycles. The van der Waals surface area contributed by atoms with E-state index >= 15 is 0 Å². The Morgan fingerprint density at radius 2 is 1.45 bits per heavy atom. The van der Waals surface area contributed by atoms with Gasteiger partial charge in [-0.25, -0.2) is 0 Å². The Kier molecular flexibility index (Phi) is 6.12. The Bertz CT molecular complexity index is 907. The van der Waals surface area contributed by atoms with Crippen LogP contribution in [0.15, 0.2) is 72.8 Å². The molecule has 6 nitrogen and oxygen atoms in total. The number of hydrogen-bond donors (Lipinski definition) is 1. The summed E-state index contributed by atoms with van der Waals surface area (Å²) < 4.78 is 0. The molecule has 1 fully saturated rings. The largest absolute Gasteiger partial charge is 0.353 e. The van der Waals surface area contributed by atoms with Crippen LogP contribution in [0.3, 0.4) is 0 Å². The number of anilines is 2. The predicted molar refractivity (Wildman–Crippen MR) is 115 cm³/mol. The van der Waals surface area contributed by atoms with Crippen LogP contribution in [0.5, 0.6) is 0 Å². The minimum atomic E-state index is -0.0900. The molecule has 29 heavy (non-hydrogen) atoms. The molecule has 1 amide bonds. The number of nitrogens with zero attached hydrogens (tertiary/aromatic N) is 4. The number of carbonyl (C=O) groups excluding carboxylic acids is 1. The average molecular weight is 387 g/mol. The van der Waals surface area contributed by atoms with Gasteiger partial charge in [0.1, 0.15) is 0 Å². The molecule has 0 bridgehead atoms. The predicted octanol–water partition coefficient (Wildman–Crippen LogP) is 2.98. The Morgan fingerprint density at radius 1 is 0.793 bits per heavy atom. The fraction of sp³-hybridized carbons (Fsp3) is 0.261. The van der Waals surface area contributed by atoms with E-state index in [1.165, 1.54) is 5.56 Å². The molecule has 1 N–H and O–H groups in total.